The van der Waals surface area contributed by atoms with Crippen LogP contribution in [-0.2, 0) is 9.59 Å². The van der Waals surface area contributed by atoms with Gasteiger partial charge in [-0.3, -0.25) is 24.6 Å². The molecule has 6 heterocycles. The van der Waals surface area contributed by atoms with Crippen LogP contribution in [0.25, 0.3) is 10.4 Å². The second-order valence-corrected chi connectivity index (χ2v) is 20.2. The lowest BCUT2D eigenvalue weighted by atomic mass is 9.91. The first-order valence-electron chi connectivity index (χ1n) is 22.7. The number of aryl methyl sites for hydroxylation is 1. The summed E-state index contributed by atoms with van der Waals surface area (Å²) in [6.07, 6.45) is 2.80. The number of nitro groups is 1. The van der Waals surface area contributed by atoms with Crippen LogP contribution in [-0.4, -0.2) is 106 Å². The number of β-amino-alcohol motifs (C(OH)–C–C–N with tert-alkyl or cyclic N) is 1. The number of piperazine rings is 1. The lowest BCUT2D eigenvalue weighted by molar-refractivity contribution is -0.385. The van der Waals surface area contributed by atoms with E-state index >= 15 is 0 Å². The van der Waals surface area contributed by atoms with Crippen LogP contribution in [0.2, 0.25) is 0 Å². The summed E-state index contributed by atoms with van der Waals surface area (Å²) in [4.78, 5) is 55.2. The molecule has 3 aromatic carbocycles. The summed E-state index contributed by atoms with van der Waals surface area (Å²) < 4.78 is 5.91. The number of nitro benzene ring substituents is 1. The Morgan fingerprint density at radius 2 is 1.68 bits per heavy atom. The van der Waals surface area contributed by atoms with Gasteiger partial charge in [-0.1, -0.05) is 55.0 Å². The fraction of sp³-hybridized carbons (Fsp3) is 0.458. The van der Waals surface area contributed by atoms with Crippen molar-refractivity contribution < 1.29 is 24.1 Å². The second kappa shape index (κ2) is 19.2. The molecule has 0 saturated carbocycles. The summed E-state index contributed by atoms with van der Waals surface area (Å²) in [5.41, 5.74) is 8.05. The molecule has 4 aliphatic heterocycles. The Kier molecular flexibility index (Phi) is 13.2. The number of amides is 2. The van der Waals surface area contributed by atoms with Crippen molar-refractivity contribution in [1.29, 1.82) is 0 Å². The van der Waals surface area contributed by atoms with Crippen molar-refractivity contribution in [3.63, 3.8) is 0 Å². The van der Waals surface area contributed by atoms with Crippen molar-refractivity contribution in [1.82, 2.24) is 25.3 Å². The largest absolute Gasteiger partial charge is 0.391 e. The third-order valence-electron chi connectivity index (χ3n) is 13.6. The highest BCUT2D eigenvalue weighted by Crippen LogP contribution is 2.47. The smallest absolute Gasteiger partial charge is 0.270 e. The number of anilines is 4. The van der Waals surface area contributed by atoms with Crippen LogP contribution in [0.3, 0.4) is 0 Å². The Labute approximate surface area is 387 Å². The van der Waals surface area contributed by atoms with E-state index in [0.29, 0.717) is 17.5 Å². The van der Waals surface area contributed by atoms with Crippen molar-refractivity contribution in [2.45, 2.75) is 87.3 Å². The predicted octanol–water partition coefficient (Wildman–Crippen LogP) is 8.23. The van der Waals surface area contributed by atoms with E-state index in [4.69, 9.17) is 4.52 Å². The van der Waals surface area contributed by atoms with Gasteiger partial charge in [-0.2, -0.15) is 0 Å². The van der Waals surface area contributed by atoms with Gasteiger partial charge in [-0.05, 0) is 86.9 Å². The highest BCUT2D eigenvalue weighted by molar-refractivity contribution is 7.99. The van der Waals surface area contributed by atoms with E-state index in [2.05, 4.69) is 53.7 Å². The summed E-state index contributed by atoms with van der Waals surface area (Å²) in [5.74, 6) is 0.533. The Morgan fingerprint density at radius 3 is 2.37 bits per heavy atom. The zero-order chi connectivity index (χ0) is 45.4. The molecule has 3 saturated heterocycles. The molecule has 0 radical (unpaired) electrons. The van der Waals surface area contributed by atoms with Crippen molar-refractivity contribution >= 4 is 63.5 Å². The van der Waals surface area contributed by atoms with Crippen LogP contribution in [0.15, 0.2) is 86.6 Å². The Hall–Kier alpha value is -5.49. The van der Waals surface area contributed by atoms with Gasteiger partial charge in [0.15, 0.2) is 11.6 Å². The number of non-ortho nitro benzene ring substituents is 1. The number of aromatic nitrogens is 2. The number of piperidine rings is 1. The first-order valence-corrected chi connectivity index (χ1v) is 24.4. The monoisotopic (exact) mass is 919 g/mol. The molecule has 0 aliphatic carbocycles. The van der Waals surface area contributed by atoms with Crippen LogP contribution in [0.1, 0.15) is 75.4 Å². The number of rotatable bonds is 13. The average Bonchev–Trinajstić information content (AvgIpc) is 4.08. The third-order valence-corrected chi connectivity index (χ3v) is 15.7. The number of carbonyl (C=O) groups is 2. The minimum atomic E-state index is -0.803. The number of benzene rings is 3. The molecule has 3 N–H and O–H groups in total. The van der Waals surface area contributed by atoms with Crippen LogP contribution in [0, 0.1) is 28.9 Å². The van der Waals surface area contributed by atoms with Gasteiger partial charge < -0.3 is 35.0 Å². The number of hydrogen-bond acceptors (Lipinski definition) is 14. The lowest BCUT2D eigenvalue weighted by Gasteiger charge is -2.37. The standard InChI is InChI=1S/C48H57N9O6S2/c1-29(2)45(48(60)56-27-37(58)25-40(56)47(59)50-30(3)33-5-7-34(8-6-33)46-31(4)49-28-64-46)41-26-44(52-63-41)55-21-19-53(20-22-55)16-13-32-14-17-54(18-15-32)35-9-11-38-42(23-35)65-43-24-36(57(61)62)10-12-39(43)51-38/h5-12,23-24,26,28-30,32,37,40,45,51,58H,13-22,25,27H2,1-4H3,(H,50,59)/t30?,37-,40+,45?/m1/s1. The maximum absolute atomic E-state index is 14.3. The maximum Gasteiger partial charge on any atom is 0.270 e. The molecule has 0 bridgehead atoms. The lowest BCUT2D eigenvalue weighted by Crippen LogP contribution is -2.48. The van der Waals surface area contributed by atoms with E-state index in [0.717, 1.165) is 108 Å². The molecular weight excluding hydrogens is 863 g/mol. The maximum atomic E-state index is 14.3. The molecule has 3 fully saturated rings. The molecule has 9 rings (SSSR count). The Morgan fingerprint density at radius 1 is 0.954 bits per heavy atom. The molecule has 5 aromatic rings. The number of likely N-dealkylation sites (tertiary alicyclic amines) is 1. The van der Waals surface area contributed by atoms with Crippen LogP contribution in [0.4, 0.5) is 28.6 Å². The normalized spacial score (nSPS) is 20.0. The molecule has 2 unspecified atom stereocenters. The minimum Gasteiger partial charge on any atom is -0.391 e. The minimum absolute atomic E-state index is 0.0818. The van der Waals surface area contributed by atoms with Gasteiger partial charge in [0.25, 0.3) is 5.69 Å². The topological polar surface area (TPSA) is 173 Å². The van der Waals surface area contributed by atoms with Crippen molar-refractivity contribution in [2.24, 2.45) is 11.8 Å². The van der Waals surface area contributed by atoms with Gasteiger partial charge in [-0.15, -0.1) is 11.3 Å². The first kappa shape index (κ1) is 44.7. The number of hydrogen-bond donors (Lipinski definition) is 3. The number of fused-ring (bicyclic) bond motifs is 2. The molecule has 65 heavy (non-hydrogen) atoms. The van der Waals surface area contributed by atoms with Gasteiger partial charge in [-0.25, -0.2) is 4.98 Å². The molecule has 342 valence electrons. The molecule has 4 atom stereocenters. The third kappa shape index (κ3) is 9.74. The highest BCUT2D eigenvalue weighted by atomic mass is 32.2. The molecule has 2 amide bonds. The van der Waals surface area contributed by atoms with Crippen molar-refractivity contribution in [2.75, 3.05) is 67.5 Å². The van der Waals surface area contributed by atoms with E-state index in [1.165, 1.54) is 16.7 Å². The second-order valence-electron chi connectivity index (χ2n) is 18.2. The molecular formula is C48H57N9O6S2. The average molecular weight is 920 g/mol. The van der Waals surface area contributed by atoms with E-state index in [9.17, 15) is 24.8 Å². The molecule has 4 aliphatic rings. The number of carbonyl (C=O) groups excluding carboxylic acids is 2. The predicted molar refractivity (Wildman–Crippen MR) is 254 cm³/mol. The zero-order valence-electron chi connectivity index (χ0n) is 37.3. The number of aliphatic hydroxyl groups excluding tert-OH is 1. The fourth-order valence-electron chi connectivity index (χ4n) is 9.71. The summed E-state index contributed by atoms with van der Waals surface area (Å²) in [6.45, 7) is 14.4. The zero-order valence-corrected chi connectivity index (χ0v) is 38.9. The van der Waals surface area contributed by atoms with Crippen LogP contribution in [0.5, 0.6) is 0 Å². The van der Waals surface area contributed by atoms with E-state index in [-0.39, 0.29) is 47.4 Å². The number of nitrogens with one attached hydrogen (secondary N) is 2. The molecule has 17 heteroatoms. The molecule has 0 spiro atoms. The van der Waals surface area contributed by atoms with Crippen molar-refractivity contribution in [3.8, 4) is 10.4 Å². The van der Waals surface area contributed by atoms with Crippen molar-refractivity contribution in [3.05, 3.63) is 99.4 Å². The number of thiazole rings is 1. The van der Waals surface area contributed by atoms with Gasteiger partial charge in [0.2, 0.25) is 11.8 Å². The van der Waals surface area contributed by atoms with Gasteiger partial charge >= 0.3 is 0 Å². The SMILES string of the molecule is Cc1ncsc1-c1ccc(C(C)NC(=O)[C@@H]2C[C@@H](O)CN2C(=O)C(c2cc(N3CCN(CCC4CCN(c5ccc6c(c5)Sc5cc([N+](=O)[O-])ccc5N6)CC4)CC3)no2)C(C)C)cc1. The van der Waals surface area contributed by atoms with Gasteiger partial charge in [0.05, 0.1) is 44.5 Å². The van der Waals surface area contributed by atoms with Gasteiger partial charge in [0.1, 0.15) is 12.0 Å². The molecule has 2 aromatic heterocycles. The van der Waals surface area contributed by atoms with E-state index < -0.39 is 18.1 Å². The highest BCUT2D eigenvalue weighted by Gasteiger charge is 2.44. The summed E-state index contributed by atoms with van der Waals surface area (Å²) in [7, 11) is 0. The summed E-state index contributed by atoms with van der Waals surface area (Å²) in [5, 5.41) is 33.1. The van der Waals surface area contributed by atoms with Crippen LogP contribution < -0.4 is 20.4 Å². The summed E-state index contributed by atoms with van der Waals surface area (Å²) in [6, 6.07) is 20.3. The quantitative estimate of drug-likeness (QED) is 0.0748. The van der Waals surface area contributed by atoms with E-state index in [1.54, 1.807) is 35.2 Å². The fourth-order valence-corrected chi connectivity index (χ4v) is 11.6. The van der Waals surface area contributed by atoms with E-state index in [1.807, 2.05) is 63.5 Å². The van der Waals surface area contributed by atoms with Crippen LogP contribution >= 0.6 is 23.1 Å². The number of nitrogens with zero attached hydrogens (tertiary/aromatic N) is 7. The number of aliphatic hydroxyl groups is 1. The van der Waals surface area contributed by atoms with Gasteiger partial charge in [0, 0.05) is 85.9 Å². The summed E-state index contributed by atoms with van der Waals surface area (Å²) >= 11 is 3.18. The molecule has 15 nitrogen and oxygen atoms in total. The first-order chi connectivity index (χ1) is 31.4. The Bertz CT molecular complexity index is 2510. The Balaban J connectivity index is 0.740.